The molecule has 0 radical (unpaired) electrons. The highest BCUT2D eigenvalue weighted by molar-refractivity contribution is 9.10. The van der Waals surface area contributed by atoms with Gasteiger partial charge in [-0.05, 0) is 53.6 Å². The fourth-order valence-corrected chi connectivity index (χ4v) is 4.57. The van der Waals surface area contributed by atoms with Gasteiger partial charge in [0.05, 0.1) is 17.6 Å². The summed E-state index contributed by atoms with van der Waals surface area (Å²) in [5.41, 5.74) is 0.817. The number of hydrogen-bond acceptors (Lipinski definition) is 4. The van der Waals surface area contributed by atoms with E-state index < -0.39 is 0 Å². The number of amides is 2. The molecule has 1 aromatic carbocycles. The maximum absolute atomic E-state index is 12.6. The molecule has 1 aliphatic rings. The first-order chi connectivity index (χ1) is 12.5. The van der Waals surface area contributed by atoms with Gasteiger partial charge < -0.3 is 15.1 Å². The Morgan fingerprint density at radius 3 is 2.77 bits per heavy atom. The predicted octanol–water partition coefficient (Wildman–Crippen LogP) is 3.28. The van der Waals surface area contributed by atoms with Gasteiger partial charge in [0, 0.05) is 28.9 Å². The summed E-state index contributed by atoms with van der Waals surface area (Å²) in [6.07, 6.45) is 0.249. The van der Waals surface area contributed by atoms with E-state index in [0.717, 1.165) is 10.2 Å². The van der Waals surface area contributed by atoms with E-state index in [-0.39, 0.29) is 30.2 Å². The normalized spacial score (nSPS) is 18.4. The number of rotatable bonds is 6. The van der Waals surface area contributed by atoms with E-state index in [9.17, 15) is 9.59 Å². The van der Waals surface area contributed by atoms with Crippen molar-refractivity contribution in [3.05, 3.63) is 51.1 Å². The number of halogens is 1. The molecule has 0 unspecified atom stereocenters. The van der Waals surface area contributed by atoms with Crippen LogP contribution in [-0.2, 0) is 9.59 Å². The van der Waals surface area contributed by atoms with Crippen LogP contribution in [-0.4, -0.2) is 43.9 Å². The Kier molecular flexibility index (Phi) is 6.11. The first-order valence-electron chi connectivity index (χ1n) is 8.50. The summed E-state index contributed by atoms with van der Waals surface area (Å²) < 4.78 is 0.861. The van der Waals surface area contributed by atoms with E-state index in [1.165, 1.54) is 4.88 Å². The van der Waals surface area contributed by atoms with Gasteiger partial charge in [-0.3, -0.25) is 9.59 Å². The number of nitrogens with one attached hydrogen (secondary N) is 1. The average molecular weight is 436 g/mol. The molecule has 138 valence electrons. The van der Waals surface area contributed by atoms with Gasteiger partial charge in [0.1, 0.15) is 0 Å². The molecule has 7 heteroatoms. The second kappa shape index (κ2) is 8.33. The highest BCUT2D eigenvalue weighted by Crippen LogP contribution is 2.31. The third kappa shape index (κ3) is 4.16. The molecule has 1 aliphatic heterocycles. The van der Waals surface area contributed by atoms with Gasteiger partial charge >= 0.3 is 0 Å². The Labute approximate surface area is 166 Å². The summed E-state index contributed by atoms with van der Waals surface area (Å²) in [6.45, 7) is 0.949. The molecule has 1 N–H and O–H groups in total. The summed E-state index contributed by atoms with van der Waals surface area (Å²) in [4.78, 5) is 30.0. The quantitative estimate of drug-likeness (QED) is 0.757. The average Bonchev–Trinajstić information content (AvgIpc) is 3.25. The van der Waals surface area contributed by atoms with Crippen molar-refractivity contribution in [2.75, 3.05) is 32.1 Å². The molecule has 2 heterocycles. The summed E-state index contributed by atoms with van der Waals surface area (Å²) in [5.74, 6) is -0.392. The second-order valence-electron chi connectivity index (χ2n) is 6.60. The number of anilines is 1. The molecule has 2 amide bonds. The number of benzene rings is 1. The molecule has 2 aromatic rings. The van der Waals surface area contributed by atoms with Gasteiger partial charge in [-0.15, -0.1) is 11.3 Å². The highest BCUT2D eigenvalue weighted by atomic mass is 79.9. The number of nitrogens with zero attached hydrogens (tertiary/aromatic N) is 2. The lowest BCUT2D eigenvalue weighted by Gasteiger charge is -2.24. The monoisotopic (exact) mass is 435 g/mol. The predicted molar refractivity (Wildman–Crippen MR) is 108 cm³/mol. The Hall–Kier alpha value is -1.70. The van der Waals surface area contributed by atoms with Crippen molar-refractivity contribution in [3.8, 4) is 0 Å². The van der Waals surface area contributed by atoms with Crippen LogP contribution in [0.1, 0.15) is 17.3 Å². The Morgan fingerprint density at radius 2 is 2.12 bits per heavy atom. The number of thiophene rings is 1. The Balaban J connectivity index is 1.62. The minimum absolute atomic E-state index is 0.0144. The minimum Gasteiger partial charge on any atom is -0.354 e. The van der Waals surface area contributed by atoms with Crippen molar-refractivity contribution in [2.45, 2.75) is 12.5 Å². The number of likely N-dealkylation sites (N-methyl/N-ethyl adjacent to an activating group) is 1. The fraction of sp³-hybridized carbons (Fsp3) is 0.368. The molecular weight excluding hydrogens is 414 g/mol. The van der Waals surface area contributed by atoms with E-state index in [1.807, 2.05) is 49.8 Å². The smallest absolute Gasteiger partial charge is 0.227 e. The third-order valence-electron chi connectivity index (χ3n) is 4.60. The summed E-state index contributed by atoms with van der Waals surface area (Å²) >= 11 is 5.16. The third-order valence-corrected chi connectivity index (χ3v) is 6.25. The van der Waals surface area contributed by atoms with Gasteiger partial charge in [-0.1, -0.05) is 18.2 Å². The van der Waals surface area contributed by atoms with Crippen LogP contribution in [0.15, 0.2) is 46.3 Å². The number of carbonyl (C=O) groups excluding carboxylic acids is 2. The maximum Gasteiger partial charge on any atom is 0.227 e. The summed E-state index contributed by atoms with van der Waals surface area (Å²) in [5, 5.41) is 5.08. The van der Waals surface area contributed by atoms with Gasteiger partial charge in [0.25, 0.3) is 0 Å². The largest absolute Gasteiger partial charge is 0.354 e. The van der Waals surface area contributed by atoms with Crippen molar-refractivity contribution in [1.82, 2.24) is 10.2 Å². The molecule has 2 atom stereocenters. The second-order valence-corrected chi connectivity index (χ2v) is 8.43. The van der Waals surface area contributed by atoms with E-state index in [1.54, 1.807) is 16.2 Å². The minimum atomic E-state index is -0.319. The zero-order chi connectivity index (χ0) is 18.7. The van der Waals surface area contributed by atoms with Crippen LogP contribution >= 0.6 is 27.3 Å². The van der Waals surface area contributed by atoms with Crippen LogP contribution in [0.5, 0.6) is 0 Å². The van der Waals surface area contributed by atoms with Crippen molar-refractivity contribution < 1.29 is 9.59 Å². The van der Waals surface area contributed by atoms with Crippen LogP contribution < -0.4 is 10.2 Å². The lowest BCUT2D eigenvalue weighted by atomic mass is 10.1. The molecule has 1 saturated heterocycles. The van der Waals surface area contributed by atoms with Gasteiger partial charge in [-0.25, -0.2) is 0 Å². The SMILES string of the molecule is CN(C)[C@@H](CNC(=O)[C@H]1CC(=O)N(c2ccccc2Br)C1)c1cccs1. The zero-order valence-corrected chi connectivity index (χ0v) is 17.2. The lowest BCUT2D eigenvalue weighted by molar-refractivity contribution is -0.126. The summed E-state index contributed by atoms with van der Waals surface area (Å²) in [7, 11) is 4.01. The molecular formula is C19H22BrN3O2S. The molecule has 1 fully saturated rings. The molecule has 0 aliphatic carbocycles. The van der Waals surface area contributed by atoms with Crippen molar-refractivity contribution in [3.63, 3.8) is 0 Å². The van der Waals surface area contributed by atoms with Crippen LogP contribution in [0.3, 0.4) is 0 Å². The van der Waals surface area contributed by atoms with Gasteiger partial charge in [0.2, 0.25) is 11.8 Å². The van der Waals surface area contributed by atoms with Crippen molar-refractivity contribution >= 4 is 44.8 Å². The number of carbonyl (C=O) groups is 2. The molecule has 1 aromatic heterocycles. The number of hydrogen-bond donors (Lipinski definition) is 1. The van der Waals surface area contributed by atoms with Crippen molar-refractivity contribution in [2.24, 2.45) is 5.92 Å². The van der Waals surface area contributed by atoms with E-state index in [2.05, 4.69) is 32.2 Å². The van der Waals surface area contributed by atoms with E-state index >= 15 is 0 Å². The zero-order valence-electron chi connectivity index (χ0n) is 14.8. The number of para-hydroxylation sites is 1. The van der Waals surface area contributed by atoms with Crippen LogP contribution in [0, 0.1) is 5.92 Å². The molecule has 5 nitrogen and oxygen atoms in total. The first-order valence-corrected chi connectivity index (χ1v) is 10.2. The van der Waals surface area contributed by atoms with E-state index in [4.69, 9.17) is 0 Å². The fourth-order valence-electron chi connectivity index (χ4n) is 3.15. The van der Waals surface area contributed by atoms with Crippen molar-refractivity contribution in [1.29, 1.82) is 0 Å². The Morgan fingerprint density at radius 1 is 1.35 bits per heavy atom. The molecule has 0 saturated carbocycles. The molecule has 3 rings (SSSR count). The summed E-state index contributed by atoms with van der Waals surface area (Å²) in [6, 6.07) is 11.8. The molecule has 0 spiro atoms. The lowest BCUT2D eigenvalue weighted by Crippen LogP contribution is -2.38. The standard InChI is InChI=1S/C19H22BrN3O2S/c1-22(2)16(17-8-5-9-26-17)11-21-19(25)13-10-18(24)23(12-13)15-7-4-3-6-14(15)20/h3-9,13,16H,10-12H2,1-2H3,(H,21,25)/t13-,16-/m0/s1. The highest BCUT2D eigenvalue weighted by Gasteiger charge is 2.36. The Bertz CT molecular complexity index is 779. The van der Waals surface area contributed by atoms with Gasteiger partial charge in [-0.2, -0.15) is 0 Å². The van der Waals surface area contributed by atoms with E-state index in [0.29, 0.717) is 13.1 Å². The van der Waals surface area contributed by atoms with Crippen LogP contribution in [0.2, 0.25) is 0 Å². The van der Waals surface area contributed by atoms with Crippen LogP contribution in [0.25, 0.3) is 0 Å². The maximum atomic E-state index is 12.6. The molecule has 0 bridgehead atoms. The van der Waals surface area contributed by atoms with Gasteiger partial charge in [0.15, 0.2) is 0 Å². The first kappa shape index (κ1) is 19.1. The molecule has 26 heavy (non-hydrogen) atoms. The topological polar surface area (TPSA) is 52.7 Å². The van der Waals surface area contributed by atoms with Crippen LogP contribution in [0.4, 0.5) is 5.69 Å².